The number of methoxy groups -OCH3 is 2. The summed E-state index contributed by atoms with van der Waals surface area (Å²) in [5, 5.41) is 0. The van der Waals surface area contributed by atoms with E-state index in [2.05, 4.69) is 0 Å². The van der Waals surface area contributed by atoms with E-state index in [4.69, 9.17) is 9.47 Å². The highest BCUT2D eigenvalue weighted by molar-refractivity contribution is 6.04. The SMILES string of the molecule is COC1=CCC(OC)(C(=O)c2ccccc2)C=C1. The first-order valence-corrected chi connectivity index (χ1v) is 5.80. The van der Waals surface area contributed by atoms with Gasteiger partial charge >= 0.3 is 0 Å². The van der Waals surface area contributed by atoms with Crippen molar-refractivity contribution in [1.29, 1.82) is 0 Å². The number of hydrogen-bond acceptors (Lipinski definition) is 3. The molecule has 18 heavy (non-hydrogen) atoms. The fraction of sp³-hybridized carbons (Fsp3) is 0.267. The molecule has 0 saturated carbocycles. The Morgan fingerprint density at radius 3 is 2.44 bits per heavy atom. The second-order valence-corrected chi connectivity index (χ2v) is 4.14. The molecule has 0 saturated heterocycles. The van der Waals surface area contributed by atoms with Gasteiger partial charge in [-0.1, -0.05) is 30.3 Å². The van der Waals surface area contributed by atoms with E-state index >= 15 is 0 Å². The molecule has 0 aliphatic heterocycles. The number of benzene rings is 1. The van der Waals surface area contributed by atoms with Crippen LogP contribution in [0.5, 0.6) is 0 Å². The number of hydrogen-bond donors (Lipinski definition) is 0. The molecule has 0 N–H and O–H groups in total. The average molecular weight is 244 g/mol. The molecule has 1 unspecified atom stereocenters. The van der Waals surface area contributed by atoms with E-state index in [9.17, 15) is 4.79 Å². The van der Waals surface area contributed by atoms with E-state index in [1.807, 2.05) is 24.3 Å². The maximum atomic E-state index is 12.5. The van der Waals surface area contributed by atoms with Gasteiger partial charge in [0.1, 0.15) is 5.76 Å². The normalized spacial score (nSPS) is 22.4. The largest absolute Gasteiger partial charge is 0.497 e. The number of carbonyl (C=O) groups is 1. The number of ketones is 1. The zero-order valence-corrected chi connectivity index (χ0v) is 10.6. The van der Waals surface area contributed by atoms with Gasteiger partial charge < -0.3 is 9.47 Å². The van der Waals surface area contributed by atoms with Gasteiger partial charge in [-0.3, -0.25) is 4.79 Å². The molecule has 0 aromatic heterocycles. The predicted molar refractivity (Wildman–Crippen MR) is 69.4 cm³/mol. The van der Waals surface area contributed by atoms with Crippen molar-refractivity contribution < 1.29 is 14.3 Å². The Kier molecular flexibility index (Phi) is 3.63. The van der Waals surface area contributed by atoms with Crippen molar-refractivity contribution in [3.8, 4) is 0 Å². The summed E-state index contributed by atoms with van der Waals surface area (Å²) < 4.78 is 10.6. The van der Waals surface area contributed by atoms with Gasteiger partial charge in [0, 0.05) is 19.1 Å². The number of allylic oxidation sites excluding steroid dienone is 1. The molecule has 1 aromatic rings. The molecule has 0 spiro atoms. The van der Waals surface area contributed by atoms with Crippen LogP contribution in [-0.2, 0) is 9.47 Å². The molecule has 0 fully saturated rings. The first-order chi connectivity index (χ1) is 8.72. The third kappa shape index (κ3) is 2.22. The molecule has 1 aliphatic carbocycles. The van der Waals surface area contributed by atoms with Gasteiger partial charge in [-0.15, -0.1) is 0 Å². The standard InChI is InChI=1S/C15H16O3/c1-17-13-8-10-15(18-2,11-9-13)14(16)12-6-4-3-5-7-12/h3-10H,11H2,1-2H3. The van der Waals surface area contributed by atoms with E-state index < -0.39 is 5.60 Å². The Hall–Kier alpha value is -1.87. The van der Waals surface area contributed by atoms with Crippen molar-refractivity contribution in [3.05, 3.63) is 59.9 Å². The number of ether oxygens (including phenoxy) is 2. The molecule has 1 aliphatic rings. The molecule has 1 atom stereocenters. The lowest BCUT2D eigenvalue weighted by Gasteiger charge is -2.29. The van der Waals surface area contributed by atoms with E-state index in [0.29, 0.717) is 12.0 Å². The van der Waals surface area contributed by atoms with Gasteiger partial charge in [-0.05, 0) is 18.2 Å². The minimum absolute atomic E-state index is 0.0340. The molecule has 94 valence electrons. The van der Waals surface area contributed by atoms with Gasteiger partial charge in [-0.25, -0.2) is 0 Å². The third-order valence-electron chi connectivity index (χ3n) is 3.14. The van der Waals surface area contributed by atoms with E-state index in [-0.39, 0.29) is 5.78 Å². The molecule has 3 nitrogen and oxygen atoms in total. The smallest absolute Gasteiger partial charge is 0.198 e. The lowest BCUT2D eigenvalue weighted by Crippen LogP contribution is -2.39. The van der Waals surface area contributed by atoms with E-state index in [1.54, 1.807) is 38.5 Å². The third-order valence-corrected chi connectivity index (χ3v) is 3.14. The van der Waals surface area contributed by atoms with Crippen molar-refractivity contribution in [2.45, 2.75) is 12.0 Å². The summed E-state index contributed by atoms with van der Waals surface area (Å²) in [7, 11) is 3.16. The second kappa shape index (κ2) is 5.19. The topological polar surface area (TPSA) is 35.5 Å². The summed E-state index contributed by atoms with van der Waals surface area (Å²) in [5.41, 5.74) is -0.262. The summed E-state index contributed by atoms with van der Waals surface area (Å²) >= 11 is 0. The van der Waals surface area contributed by atoms with Crippen LogP contribution in [0.1, 0.15) is 16.8 Å². The van der Waals surface area contributed by atoms with Crippen LogP contribution >= 0.6 is 0 Å². The van der Waals surface area contributed by atoms with Crippen LogP contribution in [0, 0.1) is 0 Å². The van der Waals surface area contributed by atoms with Gasteiger partial charge in [0.05, 0.1) is 7.11 Å². The van der Waals surface area contributed by atoms with E-state index in [0.717, 1.165) is 5.76 Å². The first-order valence-electron chi connectivity index (χ1n) is 5.80. The Labute approximate surface area is 107 Å². The molecule has 1 aromatic carbocycles. The average Bonchev–Trinajstić information content (AvgIpc) is 2.47. The summed E-state index contributed by atoms with van der Waals surface area (Å²) in [6.45, 7) is 0. The minimum atomic E-state index is -0.913. The summed E-state index contributed by atoms with van der Waals surface area (Å²) in [4.78, 5) is 12.5. The van der Waals surface area contributed by atoms with Crippen LogP contribution in [0.4, 0.5) is 0 Å². The lowest BCUT2D eigenvalue weighted by atomic mass is 9.86. The van der Waals surface area contributed by atoms with E-state index in [1.165, 1.54) is 0 Å². The van der Waals surface area contributed by atoms with Crippen LogP contribution < -0.4 is 0 Å². The van der Waals surface area contributed by atoms with Gasteiger partial charge in [0.15, 0.2) is 11.4 Å². The fourth-order valence-electron chi connectivity index (χ4n) is 2.00. The summed E-state index contributed by atoms with van der Waals surface area (Å²) in [6.07, 6.45) is 5.89. The quantitative estimate of drug-likeness (QED) is 0.764. The van der Waals surface area contributed by atoms with Crippen molar-refractivity contribution in [2.24, 2.45) is 0 Å². The maximum Gasteiger partial charge on any atom is 0.198 e. The number of Topliss-reactive ketones (excluding diaryl/α,β-unsaturated/α-hetero) is 1. The highest BCUT2D eigenvalue weighted by Gasteiger charge is 2.37. The van der Waals surface area contributed by atoms with Crippen molar-refractivity contribution in [2.75, 3.05) is 14.2 Å². The predicted octanol–water partition coefficient (Wildman–Crippen LogP) is 2.74. The van der Waals surface area contributed by atoms with Gasteiger partial charge in [-0.2, -0.15) is 0 Å². The Bertz CT molecular complexity index is 488. The van der Waals surface area contributed by atoms with Gasteiger partial charge in [0.2, 0.25) is 0 Å². The minimum Gasteiger partial charge on any atom is -0.497 e. The highest BCUT2D eigenvalue weighted by Crippen LogP contribution is 2.28. The van der Waals surface area contributed by atoms with Crippen LogP contribution in [0.15, 0.2) is 54.3 Å². The van der Waals surface area contributed by atoms with Gasteiger partial charge in [0.25, 0.3) is 0 Å². The highest BCUT2D eigenvalue weighted by atomic mass is 16.5. The number of rotatable bonds is 4. The fourth-order valence-corrected chi connectivity index (χ4v) is 2.00. The molecular weight excluding hydrogens is 228 g/mol. The molecule has 0 bridgehead atoms. The summed E-state index contributed by atoms with van der Waals surface area (Å²) in [6, 6.07) is 9.17. The van der Waals surface area contributed by atoms with Crippen molar-refractivity contribution in [3.63, 3.8) is 0 Å². The number of carbonyl (C=O) groups excluding carboxylic acids is 1. The Morgan fingerprint density at radius 2 is 1.94 bits per heavy atom. The van der Waals surface area contributed by atoms with Crippen LogP contribution in [-0.4, -0.2) is 25.6 Å². The Morgan fingerprint density at radius 1 is 1.22 bits per heavy atom. The van der Waals surface area contributed by atoms with Crippen LogP contribution in [0.3, 0.4) is 0 Å². The molecular formula is C15H16O3. The molecule has 0 radical (unpaired) electrons. The van der Waals surface area contributed by atoms with Crippen molar-refractivity contribution in [1.82, 2.24) is 0 Å². The first kappa shape index (κ1) is 12.6. The lowest BCUT2D eigenvalue weighted by molar-refractivity contribution is 0.0282. The van der Waals surface area contributed by atoms with Crippen LogP contribution in [0.2, 0.25) is 0 Å². The Balaban J connectivity index is 2.28. The maximum absolute atomic E-state index is 12.5. The summed E-state index contributed by atoms with van der Waals surface area (Å²) in [5.74, 6) is 0.719. The molecule has 2 rings (SSSR count). The monoisotopic (exact) mass is 244 g/mol. The molecule has 3 heteroatoms. The second-order valence-electron chi connectivity index (χ2n) is 4.14. The van der Waals surface area contributed by atoms with Crippen molar-refractivity contribution >= 4 is 5.78 Å². The zero-order chi connectivity index (χ0) is 13.0. The zero-order valence-electron chi connectivity index (χ0n) is 10.6. The molecule has 0 heterocycles. The van der Waals surface area contributed by atoms with Crippen LogP contribution in [0.25, 0.3) is 0 Å². The molecule has 0 amide bonds.